The van der Waals surface area contributed by atoms with Gasteiger partial charge >= 0.3 is 0 Å². The fourth-order valence-corrected chi connectivity index (χ4v) is 2.78. The highest BCUT2D eigenvalue weighted by Gasteiger charge is 2.23. The number of hydrogen-bond acceptors (Lipinski definition) is 3. The summed E-state index contributed by atoms with van der Waals surface area (Å²) in [5.74, 6) is 0.651. The zero-order chi connectivity index (χ0) is 12.7. The highest BCUT2D eigenvalue weighted by atomic mass is 16.3. The van der Waals surface area contributed by atoms with Crippen LogP contribution >= 0.6 is 0 Å². The fraction of sp³-hybridized carbons (Fsp3) is 1.00. The first kappa shape index (κ1) is 14.9. The minimum Gasteiger partial charge on any atom is -0.396 e. The van der Waals surface area contributed by atoms with Crippen LogP contribution in [0.15, 0.2) is 0 Å². The molecular formula is C14H30N2O. The Kier molecular flexibility index (Phi) is 7.09. The van der Waals surface area contributed by atoms with Crippen LogP contribution in [0, 0.1) is 5.92 Å². The Labute approximate surface area is 106 Å². The third kappa shape index (κ3) is 5.36. The van der Waals surface area contributed by atoms with E-state index < -0.39 is 0 Å². The molecule has 3 heteroatoms. The van der Waals surface area contributed by atoms with Crippen LogP contribution in [0.5, 0.6) is 0 Å². The number of hydrogen-bond donors (Lipinski definition) is 2. The van der Waals surface area contributed by atoms with Gasteiger partial charge in [-0.1, -0.05) is 19.3 Å². The number of nitrogens with two attached hydrogens (primary N) is 1. The first-order valence-corrected chi connectivity index (χ1v) is 7.25. The van der Waals surface area contributed by atoms with E-state index >= 15 is 0 Å². The lowest BCUT2D eigenvalue weighted by molar-refractivity contribution is 0.154. The maximum atomic E-state index is 8.95. The molecule has 3 N–H and O–H groups in total. The van der Waals surface area contributed by atoms with Crippen molar-refractivity contribution >= 4 is 0 Å². The van der Waals surface area contributed by atoms with Crippen LogP contribution in [-0.2, 0) is 0 Å². The van der Waals surface area contributed by atoms with E-state index in [1.54, 1.807) is 0 Å². The summed E-state index contributed by atoms with van der Waals surface area (Å²) in [5.41, 5.74) is 6.28. The van der Waals surface area contributed by atoms with Crippen molar-refractivity contribution in [3.05, 3.63) is 0 Å². The van der Waals surface area contributed by atoms with Crippen molar-refractivity contribution in [1.29, 1.82) is 0 Å². The van der Waals surface area contributed by atoms with Crippen molar-refractivity contribution in [2.75, 3.05) is 19.7 Å². The van der Waals surface area contributed by atoms with Crippen molar-refractivity contribution in [2.45, 2.75) is 64.5 Å². The van der Waals surface area contributed by atoms with Gasteiger partial charge < -0.3 is 15.7 Å². The highest BCUT2D eigenvalue weighted by molar-refractivity contribution is 4.80. The summed E-state index contributed by atoms with van der Waals surface area (Å²) < 4.78 is 0. The Morgan fingerprint density at radius 3 is 2.59 bits per heavy atom. The van der Waals surface area contributed by atoms with E-state index in [4.69, 9.17) is 10.8 Å². The molecule has 1 aliphatic rings. The molecule has 0 aromatic carbocycles. The predicted octanol–water partition coefficient (Wildman–Crippen LogP) is 1.99. The molecule has 17 heavy (non-hydrogen) atoms. The average molecular weight is 242 g/mol. The Bertz CT molecular complexity index is 197. The molecule has 0 saturated heterocycles. The maximum Gasteiger partial charge on any atom is 0.0443 e. The van der Waals surface area contributed by atoms with E-state index in [2.05, 4.69) is 18.7 Å². The summed E-state index contributed by atoms with van der Waals surface area (Å²) in [7, 11) is 0. The molecule has 1 fully saturated rings. The Morgan fingerprint density at radius 1 is 1.24 bits per heavy atom. The molecule has 0 heterocycles. The lowest BCUT2D eigenvalue weighted by atomic mass is 9.94. The predicted molar refractivity (Wildman–Crippen MR) is 73.0 cm³/mol. The molecule has 0 aromatic rings. The number of nitrogens with zero attached hydrogens (tertiary/aromatic N) is 1. The van der Waals surface area contributed by atoms with Crippen LogP contribution in [0.3, 0.4) is 0 Å². The molecule has 0 amide bonds. The first-order valence-electron chi connectivity index (χ1n) is 7.25. The monoisotopic (exact) mass is 242 g/mol. The smallest absolute Gasteiger partial charge is 0.0443 e. The Morgan fingerprint density at radius 2 is 1.94 bits per heavy atom. The lowest BCUT2D eigenvalue weighted by Crippen LogP contribution is -2.42. The van der Waals surface area contributed by atoms with Crippen molar-refractivity contribution in [3.63, 3.8) is 0 Å². The summed E-state index contributed by atoms with van der Waals surface area (Å²) in [5, 5.41) is 8.95. The standard InChI is InChI=1S/C14H30N2O/c1-12(2)16(9-6-10-17)11-13-7-4-3-5-8-14(13)15/h12-14,17H,3-11,15H2,1-2H3. The van der Waals surface area contributed by atoms with Crippen LogP contribution in [0.4, 0.5) is 0 Å². The Balaban J connectivity index is 2.45. The summed E-state index contributed by atoms with van der Waals surface area (Å²) in [6, 6.07) is 0.935. The molecular weight excluding hydrogens is 212 g/mol. The summed E-state index contributed by atoms with van der Waals surface area (Å²) in [6.07, 6.45) is 7.34. The van der Waals surface area contributed by atoms with Gasteiger partial charge in [-0.3, -0.25) is 0 Å². The topological polar surface area (TPSA) is 49.5 Å². The van der Waals surface area contributed by atoms with Gasteiger partial charge in [0.1, 0.15) is 0 Å². The van der Waals surface area contributed by atoms with E-state index in [1.807, 2.05) is 0 Å². The number of aliphatic hydroxyl groups is 1. The van der Waals surface area contributed by atoms with Gasteiger partial charge in [0, 0.05) is 31.8 Å². The average Bonchev–Trinajstić information content (AvgIpc) is 2.49. The molecule has 0 aliphatic heterocycles. The summed E-state index contributed by atoms with van der Waals surface area (Å²) >= 11 is 0. The van der Waals surface area contributed by atoms with E-state index in [1.165, 1.54) is 32.1 Å². The van der Waals surface area contributed by atoms with Gasteiger partial charge in [-0.25, -0.2) is 0 Å². The van der Waals surface area contributed by atoms with Gasteiger partial charge in [0.25, 0.3) is 0 Å². The van der Waals surface area contributed by atoms with Gasteiger partial charge in [-0.15, -0.1) is 0 Å². The molecule has 1 rings (SSSR count). The third-order valence-electron chi connectivity index (χ3n) is 4.02. The number of aliphatic hydroxyl groups excluding tert-OH is 1. The Hall–Kier alpha value is -0.120. The first-order chi connectivity index (χ1) is 8.15. The summed E-state index contributed by atoms with van der Waals surface area (Å²) in [6.45, 7) is 6.87. The zero-order valence-corrected chi connectivity index (χ0v) is 11.6. The molecule has 0 radical (unpaired) electrons. The molecule has 0 aromatic heterocycles. The van der Waals surface area contributed by atoms with E-state index in [0.717, 1.165) is 19.5 Å². The van der Waals surface area contributed by atoms with Gasteiger partial charge in [0.05, 0.1) is 0 Å². The minimum atomic E-state index is 0.292. The second-order valence-electron chi connectivity index (χ2n) is 5.73. The van der Waals surface area contributed by atoms with Crippen molar-refractivity contribution in [1.82, 2.24) is 4.90 Å². The van der Waals surface area contributed by atoms with Crippen molar-refractivity contribution < 1.29 is 5.11 Å². The molecule has 1 saturated carbocycles. The minimum absolute atomic E-state index is 0.292. The quantitative estimate of drug-likeness (QED) is 0.700. The second-order valence-corrected chi connectivity index (χ2v) is 5.73. The van der Waals surface area contributed by atoms with Gasteiger partial charge in [-0.05, 0) is 39.0 Å². The molecule has 2 unspecified atom stereocenters. The zero-order valence-electron chi connectivity index (χ0n) is 11.6. The summed E-state index contributed by atoms with van der Waals surface area (Å²) in [4.78, 5) is 2.48. The number of rotatable bonds is 6. The van der Waals surface area contributed by atoms with Crippen LogP contribution in [0.1, 0.15) is 52.4 Å². The molecule has 2 atom stereocenters. The molecule has 102 valence electrons. The highest BCUT2D eigenvalue weighted by Crippen LogP contribution is 2.23. The van der Waals surface area contributed by atoms with Crippen LogP contribution in [-0.4, -0.2) is 41.8 Å². The maximum absolute atomic E-state index is 8.95. The fourth-order valence-electron chi connectivity index (χ4n) is 2.78. The van der Waals surface area contributed by atoms with Crippen molar-refractivity contribution in [2.24, 2.45) is 11.7 Å². The van der Waals surface area contributed by atoms with Crippen LogP contribution in [0.2, 0.25) is 0 Å². The largest absolute Gasteiger partial charge is 0.396 e. The van der Waals surface area contributed by atoms with E-state index in [-0.39, 0.29) is 0 Å². The van der Waals surface area contributed by atoms with Gasteiger partial charge in [-0.2, -0.15) is 0 Å². The molecule has 0 bridgehead atoms. The SMILES string of the molecule is CC(C)N(CCCO)CC1CCCCCC1N. The normalized spacial score (nSPS) is 26.5. The van der Waals surface area contributed by atoms with Gasteiger partial charge in [0.15, 0.2) is 0 Å². The molecule has 1 aliphatic carbocycles. The second kappa shape index (κ2) is 8.06. The van der Waals surface area contributed by atoms with Crippen LogP contribution in [0.25, 0.3) is 0 Å². The van der Waals surface area contributed by atoms with E-state index in [9.17, 15) is 0 Å². The van der Waals surface area contributed by atoms with E-state index in [0.29, 0.717) is 24.6 Å². The third-order valence-corrected chi connectivity index (χ3v) is 4.02. The molecule has 0 spiro atoms. The lowest BCUT2D eigenvalue weighted by Gasteiger charge is -2.32. The van der Waals surface area contributed by atoms with Gasteiger partial charge in [0.2, 0.25) is 0 Å². The van der Waals surface area contributed by atoms with Crippen LogP contribution < -0.4 is 5.73 Å². The van der Waals surface area contributed by atoms with Crippen molar-refractivity contribution in [3.8, 4) is 0 Å². The molecule has 3 nitrogen and oxygen atoms in total.